The number of hydrogen-bond acceptors (Lipinski definition) is 3. The first-order chi connectivity index (χ1) is 11.5. The number of benzene rings is 1. The molecule has 2 N–H and O–H groups in total. The lowest BCUT2D eigenvalue weighted by Crippen LogP contribution is -2.38. The quantitative estimate of drug-likeness (QED) is 0.830. The number of carbonyl (C=O) groups excluding carboxylic acids is 2. The highest BCUT2D eigenvalue weighted by Crippen LogP contribution is 2.13. The number of nitrogens with one attached hydrogen (secondary N) is 2. The van der Waals surface area contributed by atoms with E-state index in [-0.39, 0.29) is 11.9 Å². The van der Waals surface area contributed by atoms with Crippen molar-refractivity contribution < 1.29 is 9.59 Å². The summed E-state index contributed by atoms with van der Waals surface area (Å²) in [5.41, 5.74) is 1.71. The topological polar surface area (TPSA) is 61.4 Å². The van der Waals surface area contributed by atoms with Gasteiger partial charge in [0.2, 0.25) is 5.91 Å². The number of amides is 3. The van der Waals surface area contributed by atoms with Crippen LogP contribution in [-0.2, 0) is 11.2 Å². The Morgan fingerprint density at radius 2 is 1.83 bits per heavy atom. The average Bonchev–Trinajstić information content (AvgIpc) is 2.57. The van der Waals surface area contributed by atoms with Crippen LogP contribution in [0.25, 0.3) is 0 Å². The minimum absolute atomic E-state index is 0.183. The normalized spacial score (nSPS) is 14.5. The van der Waals surface area contributed by atoms with E-state index in [1.165, 1.54) is 0 Å². The summed E-state index contributed by atoms with van der Waals surface area (Å²) in [4.78, 5) is 26.0. The van der Waals surface area contributed by atoms with Crippen molar-refractivity contribution in [1.82, 2.24) is 10.2 Å². The highest BCUT2D eigenvalue weighted by molar-refractivity contribution is 7.99. The smallest absolute Gasteiger partial charge is 0.319 e. The molecule has 24 heavy (non-hydrogen) atoms. The fourth-order valence-corrected chi connectivity index (χ4v) is 3.36. The maximum absolute atomic E-state index is 12.2. The molecule has 0 aliphatic carbocycles. The van der Waals surface area contributed by atoms with Crippen molar-refractivity contribution in [2.75, 3.05) is 36.5 Å². The molecule has 0 radical (unpaired) electrons. The lowest BCUT2D eigenvalue weighted by atomic mass is 10.1. The third kappa shape index (κ3) is 6.43. The number of rotatable bonds is 6. The summed E-state index contributed by atoms with van der Waals surface area (Å²) in [5.74, 6) is 2.81. The van der Waals surface area contributed by atoms with Crippen molar-refractivity contribution in [3.8, 4) is 0 Å². The zero-order valence-corrected chi connectivity index (χ0v) is 15.3. The minimum atomic E-state index is -0.190. The van der Waals surface area contributed by atoms with E-state index >= 15 is 0 Å². The van der Waals surface area contributed by atoms with Gasteiger partial charge in [-0.2, -0.15) is 11.8 Å². The molecule has 1 aliphatic heterocycles. The van der Waals surface area contributed by atoms with Gasteiger partial charge in [0.25, 0.3) is 0 Å². The Labute approximate surface area is 148 Å². The molecule has 1 fully saturated rings. The van der Waals surface area contributed by atoms with E-state index in [2.05, 4.69) is 24.5 Å². The van der Waals surface area contributed by atoms with Crippen LogP contribution in [0, 0.1) is 5.92 Å². The monoisotopic (exact) mass is 349 g/mol. The summed E-state index contributed by atoms with van der Waals surface area (Å²) < 4.78 is 0. The van der Waals surface area contributed by atoms with Gasteiger partial charge in [-0.3, -0.25) is 4.79 Å². The third-order valence-electron chi connectivity index (χ3n) is 3.94. The number of carbonyl (C=O) groups is 2. The van der Waals surface area contributed by atoms with Crippen molar-refractivity contribution >= 4 is 29.4 Å². The molecule has 132 valence electrons. The Kier molecular flexibility index (Phi) is 7.43. The fourth-order valence-electron chi connectivity index (χ4n) is 2.45. The Morgan fingerprint density at radius 1 is 1.17 bits per heavy atom. The second kappa shape index (κ2) is 9.57. The Hall–Kier alpha value is -1.69. The molecule has 1 aromatic rings. The van der Waals surface area contributed by atoms with Gasteiger partial charge in [0.05, 0.1) is 6.42 Å². The van der Waals surface area contributed by atoms with Crippen LogP contribution in [0.2, 0.25) is 0 Å². The number of anilines is 1. The second-order valence-corrected chi connectivity index (χ2v) is 7.66. The highest BCUT2D eigenvalue weighted by atomic mass is 32.2. The van der Waals surface area contributed by atoms with Crippen LogP contribution in [0.15, 0.2) is 24.3 Å². The molecule has 2 rings (SSSR count). The van der Waals surface area contributed by atoms with E-state index in [1.807, 2.05) is 40.9 Å². The molecule has 0 bridgehead atoms. The van der Waals surface area contributed by atoms with Crippen LogP contribution in [0.3, 0.4) is 0 Å². The average molecular weight is 350 g/mol. The van der Waals surface area contributed by atoms with Crippen LogP contribution < -0.4 is 10.6 Å². The van der Waals surface area contributed by atoms with Crippen molar-refractivity contribution in [1.29, 1.82) is 0 Å². The number of urea groups is 1. The first-order valence-corrected chi connectivity index (χ1v) is 9.69. The van der Waals surface area contributed by atoms with Gasteiger partial charge in [0.15, 0.2) is 0 Å². The Bertz CT molecular complexity index is 540. The second-order valence-electron chi connectivity index (χ2n) is 6.43. The zero-order chi connectivity index (χ0) is 17.4. The predicted octanol–water partition coefficient (Wildman–Crippen LogP) is 2.97. The number of thioether (sulfide) groups is 1. The van der Waals surface area contributed by atoms with E-state index < -0.39 is 0 Å². The van der Waals surface area contributed by atoms with Gasteiger partial charge in [-0.15, -0.1) is 0 Å². The summed E-state index contributed by atoms with van der Waals surface area (Å²) in [6.07, 6.45) is 1.38. The van der Waals surface area contributed by atoms with Crippen molar-refractivity contribution in [3.63, 3.8) is 0 Å². The van der Waals surface area contributed by atoms with Crippen LogP contribution in [0.4, 0.5) is 10.5 Å². The molecule has 1 heterocycles. The zero-order valence-electron chi connectivity index (χ0n) is 14.5. The van der Waals surface area contributed by atoms with Crippen LogP contribution in [0.1, 0.15) is 25.8 Å². The van der Waals surface area contributed by atoms with E-state index in [0.717, 1.165) is 42.3 Å². The molecular weight excluding hydrogens is 322 g/mol. The van der Waals surface area contributed by atoms with Crippen molar-refractivity contribution in [2.24, 2.45) is 5.92 Å². The Morgan fingerprint density at radius 3 is 2.46 bits per heavy atom. The maximum atomic E-state index is 12.2. The van der Waals surface area contributed by atoms with E-state index in [9.17, 15) is 9.59 Å². The van der Waals surface area contributed by atoms with Crippen molar-refractivity contribution in [3.05, 3.63) is 29.8 Å². The van der Waals surface area contributed by atoms with E-state index in [4.69, 9.17) is 0 Å². The molecule has 1 aliphatic rings. The van der Waals surface area contributed by atoms with Gasteiger partial charge >= 0.3 is 6.03 Å². The first-order valence-electron chi connectivity index (χ1n) is 8.54. The van der Waals surface area contributed by atoms with Crippen LogP contribution in [-0.4, -0.2) is 48.0 Å². The molecule has 0 saturated carbocycles. The summed E-state index contributed by atoms with van der Waals surface area (Å²) in [6.45, 7) is 6.62. The first kappa shape index (κ1) is 18.6. The fraction of sp³-hybridized carbons (Fsp3) is 0.556. The molecule has 0 aromatic heterocycles. The lowest BCUT2D eigenvalue weighted by molar-refractivity contribution is -0.130. The molecule has 1 aromatic carbocycles. The molecule has 6 heteroatoms. The molecule has 3 amide bonds. The third-order valence-corrected chi connectivity index (χ3v) is 4.88. The number of nitrogens with zero attached hydrogens (tertiary/aromatic N) is 1. The van der Waals surface area contributed by atoms with Gasteiger partial charge in [-0.05, 0) is 30.0 Å². The minimum Gasteiger partial charge on any atom is -0.341 e. The van der Waals surface area contributed by atoms with Gasteiger partial charge in [-0.1, -0.05) is 26.0 Å². The molecule has 0 spiro atoms. The van der Waals surface area contributed by atoms with Gasteiger partial charge in [0, 0.05) is 36.8 Å². The Balaban J connectivity index is 1.77. The number of hydrogen-bond donors (Lipinski definition) is 2. The standard InChI is InChI=1S/C18H27N3O2S/c1-14(2)7-8-19-18(23)20-16-5-3-15(4-6-16)13-17(22)21-9-11-24-12-10-21/h3-6,14H,7-13H2,1-2H3,(H2,19,20,23). The van der Waals surface area contributed by atoms with Gasteiger partial charge in [0.1, 0.15) is 0 Å². The molecule has 1 saturated heterocycles. The predicted molar refractivity (Wildman–Crippen MR) is 101 cm³/mol. The largest absolute Gasteiger partial charge is 0.341 e. The van der Waals surface area contributed by atoms with E-state index in [0.29, 0.717) is 18.9 Å². The van der Waals surface area contributed by atoms with Crippen LogP contribution >= 0.6 is 11.8 Å². The molecule has 0 unspecified atom stereocenters. The SMILES string of the molecule is CC(C)CCNC(=O)Nc1ccc(CC(=O)N2CCSCC2)cc1. The maximum Gasteiger partial charge on any atom is 0.319 e. The molecule has 0 atom stereocenters. The van der Waals surface area contributed by atoms with Crippen molar-refractivity contribution in [2.45, 2.75) is 26.7 Å². The summed E-state index contributed by atoms with van der Waals surface area (Å²) in [7, 11) is 0. The molecular formula is C18H27N3O2S. The summed E-state index contributed by atoms with van der Waals surface area (Å²) in [6, 6.07) is 7.30. The van der Waals surface area contributed by atoms with E-state index in [1.54, 1.807) is 0 Å². The highest BCUT2D eigenvalue weighted by Gasteiger charge is 2.16. The van der Waals surface area contributed by atoms with Crippen LogP contribution in [0.5, 0.6) is 0 Å². The lowest BCUT2D eigenvalue weighted by Gasteiger charge is -2.26. The summed E-state index contributed by atoms with van der Waals surface area (Å²) in [5, 5.41) is 5.65. The molecule has 5 nitrogen and oxygen atoms in total. The summed E-state index contributed by atoms with van der Waals surface area (Å²) >= 11 is 1.90. The van der Waals surface area contributed by atoms with Gasteiger partial charge in [-0.25, -0.2) is 4.79 Å². The van der Waals surface area contributed by atoms with Gasteiger partial charge < -0.3 is 15.5 Å².